The lowest BCUT2D eigenvalue weighted by Gasteiger charge is -2.53. The number of aliphatic hydroxyl groups excluding tert-OH is 1. The van der Waals surface area contributed by atoms with Crippen molar-refractivity contribution in [1.82, 2.24) is 15.0 Å². The van der Waals surface area contributed by atoms with Crippen LogP contribution in [0.25, 0.3) is 22.1 Å². The Hall–Kier alpha value is -4.36. The van der Waals surface area contributed by atoms with Crippen molar-refractivity contribution >= 4 is 45.2 Å². The predicted molar refractivity (Wildman–Crippen MR) is 163 cm³/mol. The minimum Gasteiger partial charge on any atom is -0.462 e. The highest BCUT2D eigenvalue weighted by Crippen LogP contribution is 2.38. The number of rotatable bonds is 3. The fraction of sp³-hybridized carbons (Fsp3) is 0.387. The molecule has 3 aliphatic heterocycles. The van der Waals surface area contributed by atoms with Crippen molar-refractivity contribution in [3.63, 3.8) is 0 Å². The molecule has 0 aliphatic carbocycles. The maximum atomic E-state index is 13.5. The Morgan fingerprint density at radius 3 is 2.52 bits per heavy atom. The number of halogens is 3. The van der Waals surface area contributed by atoms with Crippen molar-refractivity contribution in [1.29, 1.82) is 0 Å². The minimum absolute atomic E-state index is 0.0872. The van der Waals surface area contributed by atoms with Crippen molar-refractivity contribution < 1.29 is 27.8 Å². The first-order chi connectivity index (χ1) is 21.1. The summed E-state index contributed by atoms with van der Waals surface area (Å²) in [5, 5.41) is 4.17. The molecule has 0 amide bonds. The van der Waals surface area contributed by atoms with Crippen molar-refractivity contribution in [2.45, 2.75) is 36.8 Å². The van der Waals surface area contributed by atoms with Gasteiger partial charge in [-0.2, -0.15) is 8.78 Å². The summed E-state index contributed by atoms with van der Waals surface area (Å²) < 4.78 is 44.0. The van der Waals surface area contributed by atoms with Crippen LogP contribution in [0.1, 0.15) is 31.2 Å². The molecule has 1 atom stereocenters. The molecule has 10 nitrogen and oxygen atoms in total. The van der Waals surface area contributed by atoms with E-state index < -0.39 is 11.2 Å². The first kappa shape index (κ1) is 31.1. The van der Waals surface area contributed by atoms with Gasteiger partial charge in [0.25, 0.3) is 5.56 Å². The zero-order chi connectivity index (χ0) is 31.5. The molecule has 3 aromatic heterocycles. The predicted octanol–water partition coefficient (Wildman–Crippen LogP) is 4.56. The Kier molecular flexibility index (Phi) is 8.97. The summed E-state index contributed by atoms with van der Waals surface area (Å²) in [5.41, 5.74) is 2.29. The van der Waals surface area contributed by atoms with Gasteiger partial charge in [-0.25, -0.2) is 9.97 Å². The SMILES string of the molecule is C#CO.C#Cc1c[nH]c(=O)c(N2CCOC3(COC3)C2C)c1.FC(F)(Cl)c1nc(N2CCCC2)c2oc3ccccc3c2n1. The van der Waals surface area contributed by atoms with Crippen LogP contribution < -0.4 is 15.4 Å². The first-order valence-electron chi connectivity index (χ1n) is 13.9. The van der Waals surface area contributed by atoms with Gasteiger partial charge in [-0.05, 0) is 49.6 Å². The zero-order valence-electron chi connectivity index (χ0n) is 23.9. The smallest absolute Gasteiger partial charge is 0.381 e. The van der Waals surface area contributed by atoms with Gasteiger partial charge in [-0.15, -0.1) is 6.42 Å². The lowest BCUT2D eigenvalue weighted by Crippen LogP contribution is -2.68. The summed E-state index contributed by atoms with van der Waals surface area (Å²) in [5.74, 6) is 2.26. The van der Waals surface area contributed by atoms with E-state index in [1.165, 1.54) is 6.11 Å². The van der Waals surface area contributed by atoms with Gasteiger partial charge < -0.3 is 33.8 Å². The van der Waals surface area contributed by atoms with E-state index >= 15 is 0 Å². The highest BCUT2D eigenvalue weighted by molar-refractivity contribution is 6.21. The normalized spacial score (nSPS) is 18.9. The second-order valence-electron chi connectivity index (χ2n) is 10.5. The third kappa shape index (κ3) is 6.02. The van der Waals surface area contributed by atoms with Crippen LogP contribution in [0.5, 0.6) is 0 Å². The molecule has 4 aromatic rings. The number of anilines is 2. The quantitative estimate of drug-likeness (QED) is 0.250. The largest absolute Gasteiger partial charge is 0.462 e. The zero-order valence-corrected chi connectivity index (χ0v) is 24.6. The van der Waals surface area contributed by atoms with E-state index in [2.05, 4.69) is 39.1 Å². The molecule has 1 spiro atoms. The average Bonchev–Trinajstić information content (AvgIpc) is 3.65. The molecular weight excluding hydrogens is 596 g/mol. The number of alkyl halides is 3. The van der Waals surface area contributed by atoms with Crippen LogP contribution in [0, 0.1) is 24.9 Å². The van der Waals surface area contributed by atoms with E-state index in [0.717, 1.165) is 25.9 Å². The molecule has 3 saturated heterocycles. The molecule has 0 radical (unpaired) electrons. The van der Waals surface area contributed by atoms with Gasteiger partial charge in [0.05, 0.1) is 25.9 Å². The molecule has 3 fully saturated rings. The third-order valence-corrected chi connectivity index (χ3v) is 8.03. The summed E-state index contributed by atoms with van der Waals surface area (Å²) >= 11 is 5.15. The number of aromatic amines is 1. The summed E-state index contributed by atoms with van der Waals surface area (Å²) in [4.78, 5) is 26.6. The van der Waals surface area contributed by atoms with Gasteiger partial charge in [0.1, 0.15) is 28.5 Å². The summed E-state index contributed by atoms with van der Waals surface area (Å²) in [6.45, 7) is 6.01. The van der Waals surface area contributed by atoms with Crippen LogP contribution in [-0.4, -0.2) is 71.2 Å². The average molecular weight is 626 g/mol. The highest BCUT2D eigenvalue weighted by atomic mass is 35.5. The van der Waals surface area contributed by atoms with Crippen LogP contribution in [0.15, 0.2) is 45.7 Å². The Balaban J connectivity index is 0.000000162. The number of H-pyrrole nitrogens is 1. The molecule has 13 heteroatoms. The molecule has 7 rings (SSSR count). The number of furan rings is 1. The lowest BCUT2D eigenvalue weighted by molar-refractivity contribution is -0.228. The van der Waals surface area contributed by atoms with Gasteiger partial charge in [0, 0.05) is 36.8 Å². The fourth-order valence-corrected chi connectivity index (χ4v) is 5.60. The molecule has 0 bridgehead atoms. The topological polar surface area (TPSA) is 117 Å². The summed E-state index contributed by atoms with van der Waals surface area (Å²) in [6, 6.07) is 9.05. The van der Waals surface area contributed by atoms with E-state index in [9.17, 15) is 13.6 Å². The Morgan fingerprint density at radius 2 is 1.89 bits per heavy atom. The van der Waals surface area contributed by atoms with Gasteiger partial charge in [-0.3, -0.25) is 4.79 Å². The number of hydrogen-bond donors (Lipinski definition) is 2. The molecular formula is C31H30ClF2N5O5. The number of pyridine rings is 1. The monoisotopic (exact) mass is 625 g/mol. The number of nitrogens with zero attached hydrogens (tertiary/aromatic N) is 4. The number of ether oxygens (including phenoxy) is 2. The number of aromatic nitrogens is 3. The van der Waals surface area contributed by atoms with Gasteiger partial charge in [0.2, 0.25) is 5.82 Å². The molecule has 3 aliphatic rings. The van der Waals surface area contributed by atoms with E-state index in [1.807, 2.05) is 17.0 Å². The van der Waals surface area contributed by atoms with Crippen LogP contribution in [0.3, 0.4) is 0 Å². The number of fused-ring (bicyclic) bond motifs is 3. The van der Waals surface area contributed by atoms with Crippen LogP contribution in [0.4, 0.5) is 20.3 Å². The van der Waals surface area contributed by atoms with Crippen LogP contribution >= 0.6 is 11.6 Å². The Morgan fingerprint density at radius 1 is 1.18 bits per heavy atom. The standard InChI is InChI=1S/C15H12ClF2N3O.C14H16N2O3.C2H2O/c16-15(17,18)14-19-11-9-5-1-2-6-10(9)22-12(11)13(20-14)21-7-3-4-8-21;1-3-11-6-12(13(17)15-7-11)16-4-5-19-14(10(16)2)8-18-9-14;1-2-3/h1-2,5-6H,3-4,7-8H2;1,6-7,10H,4-5,8-9H2,2H3,(H,15,17);1,3H. The molecule has 44 heavy (non-hydrogen) atoms. The molecule has 230 valence electrons. The number of nitrogens with one attached hydrogen (secondary N) is 1. The molecule has 6 heterocycles. The van der Waals surface area contributed by atoms with Gasteiger partial charge >= 0.3 is 5.38 Å². The molecule has 2 N–H and O–H groups in total. The van der Waals surface area contributed by atoms with Gasteiger partial charge in [0.15, 0.2) is 11.4 Å². The van der Waals surface area contributed by atoms with Gasteiger partial charge in [-0.1, -0.05) is 24.5 Å². The second-order valence-corrected chi connectivity index (χ2v) is 11.0. The number of aliphatic hydroxyl groups is 1. The summed E-state index contributed by atoms with van der Waals surface area (Å²) in [7, 11) is 0. The Labute approximate surface area is 256 Å². The first-order valence-corrected chi connectivity index (χ1v) is 14.3. The number of terminal acetylenes is 2. The van der Waals surface area contributed by atoms with Crippen LogP contribution in [-0.2, 0) is 14.9 Å². The Bertz CT molecular complexity index is 1780. The minimum atomic E-state index is -3.61. The maximum absolute atomic E-state index is 13.5. The fourth-order valence-electron chi connectivity index (χ4n) is 5.52. The van der Waals surface area contributed by atoms with Crippen LogP contribution in [0.2, 0.25) is 0 Å². The number of benzene rings is 1. The number of morpholine rings is 1. The third-order valence-electron chi connectivity index (χ3n) is 7.86. The lowest BCUT2D eigenvalue weighted by atomic mass is 9.90. The number of hydrogen-bond acceptors (Lipinski definition) is 9. The van der Waals surface area contributed by atoms with Crippen molar-refractivity contribution in [3.8, 4) is 24.9 Å². The van der Waals surface area contributed by atoms with E-state index in [-0.39, 0.29) is 17.2 Å². The van der Waals surface area contributed by atoms with E-state index in [4.69, 9.17) is 37.0 Å². The van der Waals surface area contributed by atoms with Crippen molar-refractivity contribution in [3.05, 3.63) is 58.3 Å². The maximum Gasteiger partial charge on any atom is 0.381 e. The van der Waals surface area contributed by atoms with Crippen molar-refractivity contribution in [2.24, 2.45) is 0 Å². The molecule has 1 unspecified atom stereocenters. The number of para-hydroxylation sites is 1. The highest BCUT2D eigenvalue weighted by Gasteiger charge is 2.50. The van der Waals surface area contributed by atoms with Crippen molar-refractivity contribution in [2.75, 3.05) is 49.3 Å². The summed E-state index contributed by atoms with van der Waals surface area (Å²) in [6.07, 6.45) is 14.3. The van der Waals surface area contributed by atoms with E-state index in [1.54, 1.807) is 24.4 Å². The van der Waals surface area contributed by atoms with E-state index in [0.29, 0.717) is 65.5 Å². The molecule has 0 saturated carbocycles. The molecule has 1 aromatic carbocycles. The second kappa shape index (κ2) is 12.7.